The number of methoxy groups -OCH3 is 1. The molecule has 0 aliphatic heterocycles. The van der Waals surface area contributed by atoms with Crippen molar-refractivity contribution in [1.82, 2.24) is 4.98 Å². The van der Waals surface area contributed by atoms with Gasteiger partial charge in [-0.05, 0) is 36.2 Å². The summed E-state index contributed by atoms with van der Waals surface area (Å²) in [6.45, 7) is 2.33. The number of benzene rings is 1. The van der Waals surface area contributed by atoms with Crippen LogP contribution in [0.1, 0.15) is 21.5 Å². The zero-order valence-corrected chi connectivity index (χ0v) is 11.8. The third-order valence-electron chi connectivity index (χ3n) is 3.16. The number of anilines is 2. The molecule has 1 aromatic carbocycles. The molecule has 3 N–H and O–H groups in total. The van der Waals surface area contributed by atoms with Crippen LogP contribution in [-0.2, 0) is 11.3 Å². The highest BCUT2D eigenvalue weighted by Gasteiger charge is 2.14. The van der Waals surface area contributed by atoms with Crippen molar-refractivity contribution in [3.63, 3.8) is 0 Å². The van der Waals surface area contributed by atoms with E-state index < -0.39 is 11.8 Å². The van der Waals surface area contributed by atoms with Gasteiger partial charge in [-0.25, -0.2) is 9.18 Å². The maximum absolute atomic E-state index is 13.9. The van der Waals surface area contributed by atoms with Crippen LogP contribution in [0.3, 0.4) is 0 Å². The number of nitrogens with two attached hydrogens (primary N) is 1. The number of nitrogens with one attached hydrogen (secondary N) is 1. The van der Waals surface area contributed by atoms with Crippen LogP contribution in [0.4, 0.5) is 15.8 Å². The van der Waals surface area contributed by atoms with E-state index >= 15 is 0 Å². The number of ether oxygens (including phenoxy) is 1. The van der Waals surface area contributed by atoms with Crippen molar-refractivity contribution >= 4 is 17.3 Å². The number of carbonyl (C=O) groups excluding carboxylic acids is 1. The average molecular weight is 289 g/mol. The van der Waals surface area contributed by atoms with E-state index in [-0.39, 0.29) is 16.9 Å². The number of hydrogen-bond donors (Lipinski definition) is 2. The fraction of sp³-hybridized carbons (Fsp3) is 0.200. The molecule has 2 rings (SSSR count). The van der Waals surface area contributed by atoms with Crippen LogP contribution < -0.4 is 11.1 Å². The van der Waals surface area contributed by atoms with Crippen molar-refractivity contribution in [3.05, 3.63) is 53.1 Å². The van der Waals surface area contributed by atoms with E-state index in [0.29, 0.717) is 6.54 Å². The Morgan fingerprint density at radius 2 is 2.24 bits per heavy atom. The normalized spacial score (nSPS) is 10.2. The van der Waals surface area contributed by atoms with E-state index in [9.17, 15) is 9.18 Å². The van der Waals surface area contributed by atoms with E-state index in [1.165, 1.54) is 13.2 Å². The van der Waals surface area contributed by atoms with Gasteiger partial charge in [-0.3, -0.25) is 4.98 Å². The molecule has 0 aliphatic carbocycles. The van der Waals surface area contributed by atoms with Crippen molar-refractivity contribution in [1.29, 1.82) is 0 Å². The lowest BCUT2D eigenvalue weighted by atomic mass is 10.1. The lowest BCUT2D eigenvalue weighted by molar-refractivity contribution is 0.0602. The summed E-state index contributed by atoms with van der Waals surface area (Å²) in [5.74, 6) is -1.13. The summed E-state index contributed by atoms with van der Waals surface area (Å²) < 4.78 is 18.5. The molecule has 0 fully saturated rings. The summed E-state index contributed by atoms with van der Waals surface area (Å²) in [5, 5.41) is 2.94. The number of nitrogens with zero attached hydrogens (tertiary/aromatic N) is 1. The van der Waals surface area contributed by atoms with Crippen LogP contribution >= 0.6 is 0 Å². The summed E-state index contributed by atoms with van der Waals surface area (Å²) in [4.78, 5) is 15.6. The van der Waals surface area contributed by atoms with Crippen LogP contribution in [0, 0.1) is 12.7 Å². The first kappa shape index (κ1) is 14.8. The molecule has 0 unspecified atom stereocenters. The van der Waals surface area contributed by atoms with Gasteiger partial charge in [-0.1, -0.05) is 0 Å². The number of aromatic nitrogens is 1. The standard InChI is InChI=1S/C15H16FN3O2/c1-9-3-4-18-7-10(9)8-19-14-5-11(15(20)21-2)13(17)6-12(14)16/h3-7,19H,8,17H2,1-2H3. The van der Waals surface area contributed by atoms with Gasteiger partial charge in [0.2, 0.25) is 0 Å². The Kier molecular flexibility index (Phi) is 4.37. The predicted octanol–water partition coefficient (Wildman–Crippen LogP) is 2.51. The largest absolute Gasteiger partial charge is 0.465 e. The van der Waals surface area contributed by atoms with E-state index in [1.54, 1.807) is 12.4 Å². The van der Waals surface area contributed by atoms with E-state index in [4.69, 9.17) is 5.73 Å². The molecule has 6 heteroatoms. The molecule has 0 amide bonds. The van der Waals surface area contributed by atoms with Gasteiger partial charge in [0.15, 0.2) is 0 Å². The summed E-state index contributed by atoms with van der Waals surface area (Å²) in [5.41, 5.74) is 7.96. The van der Waals surface area contributed by atoms with Gasteiger partial charge in [0.05, 0.1) is 18.4 Å². The second kappa shape index (κ2) is 6.21. The number of pyridine rings is 1. The van der Waals surface area contributed by atoms with Gasteiger partial charge in [-0.2, -0.15) is 0 Å². The number of nitrogen functional groups attached to an aromatic ring is 1. The van der Waals surface area contributed by atoms with Crippen LogP contribution in [0.15, 0.2) is 30.6 Å². The fourth-order valence-corrected chi connectivity index (χ4v) is 1.88. The van der Waals surface area contributed by atoms with Gasteiger partial charge < -0.3 is 15.8 Å². The smallest absolute Gasteiger partial charge is 0.340 e. The van der Waals surface area contributed by atoms with Crippen LogP contribution in [0.2, 0.25) is 0 Å². The highest BCUT2D eigenvalue weighted by Crippen LogP contribution is 2.23. The summed E-state index contributed by atoms with van der Waals surface area (Å²) in [6, 6.07) is 4.32. The first-order valence-corrected chi connectivity index (χ1v) is 6.33. The minimum absolute atomic E-state index is 0.0439. The number of esters is 1. The average Bonchev–Trinajstić information content (AvgIpc) is 2.47. The quantitative estimate of drug-likeness (QED) is 0.668. The number of hydrogen-bond acceptors (Lipinski definition) is 5. The Morgan fingerprint density at radius 3 is 2.90 bits per heavy atom. The number of rotatable bonds is 4. The fourth-order valence-electron chi connectivity index (χ4n) is 1.88. The lowest BCUT2D eigenvalue weighted by Crippen LogP contribution is -2.09. The molecule has 1 heterocycles. The Morgan fingerprint density at radius 1 is 1.48 bits per heavy atom. The molecule has 110 valence electrons. The molecular formula is C15H16FN3O2. The first-order valence-electron chi connectivity index (χ1n) is 6.33. The SMILES string of the molecule is COC(=O)c1cc(NCc2cnccc2C)c(F)cc1N. The van der Waals surface area contributed by atoms with E-state index in [1.807, 2.05) is 13.0 Å². The maximum atomic E-state index is 13.9. The van der Waals surface area contributed by atoms with E-state index in [2.05, 4.69) is 15.0 Å². The number of carbonyl (C=O) groups is 1. The monoisotopic (exact) mass is 289 g/mol. The Labute approximate surface area is 121 Å². The zero-order valence-electron chi connectivity index (χ0n) is 11.8. The zero-order chi connectivity index (χ0) is 15.4. The maximum Gasteiger partial charge on any atom is 0.340 e. The predicted molar refractivity (Wildman–Crippen MR) is 78.5 cm³/mol. The van der Waals surface area contributed by atoms with Gasteiger partial charge in [0.1, 0.15) is 5.82 Å². The molecule has 0 saturated carbocycles. The minimum Gasteiger partial charge on any atom is -0.465 e. The highest BCUT2D eigenvalue weighted by molar-refractivity contribution is 5.96. The van der Waals surface area contributed by atoms with Gasteiger partial charge in [0, 0.05) is 24.6 Å². The Hall–Kier alpha value is -2.63. The Balaban J connectivity index is 2.24. The van der Waals surface area contributed by atoms with Crippen molar-refractivity contribution < 1.29 is 13.9 Å². The second-order valence-electron chi connectivity index (χ2n) is 4.57. The van der Waals surface area contributed by atoms with Crippen molar-refractivity contribution in [2.75, 3.05) is 18.2 Å². The second-order valence-corrected chi connectivity index (χ2v) is 4.57. The molecule has 0 saturated heterocycles. The number of halogens is 1. The topological polar surface area (TPSA) is 77.2 Å². The molecule has 1 aromatic heterocycles. The van der Waals surface area contributed by atoms with Crippen LogP contribution in [0.25, 0.3) is 0 Å². The van der Waals surface area contributed by atoms with Crippen LogP contribution in [0.5, 0.6) is 0 Å². The molecule has 0 spiro atoms. The van der Waals surface area contributed by atoms with Gasteiger partial charge in [0.25, 0.3) is 0 Å². The molecule has 0 radical (unpaired) electrons. The molecule has 5 nitrogen and oxygen atoms in total. The van der Waals surface area contributed by atoms with Crippen molar-refractivity contribution in [2.24, 2.45) is 0 Å². The minimum atomic E-state index is -0.604. The van der Waals surface area contributed by atoms with E-state index in [0.717, 1.165) is 17.2 Å². The first-order chi connectivity index (χ1) is 10.0. The lowest BCUT2D eigenvalue weighted by Gasteiger charge is -2.12. The summed E-state index contributed by atoms with van der Waals surface area (Å²) >= 11 is 0. The Bertz CT molecular complexity index is 674. The number of aryl methyl sites for hydroxylation is 1. The van der Waals surface area contributed by atoms with Gasteiger partial charge in [-0.15, -0.1) is 0 Å². The van der Waals surface area contributed by atoms with Crippen molar-refractivity contribution in [3.8, 4) is 0 Å². The van der Waals surface area contributed by atoms with Crippen molar-refractivity contribution in [2.45, 2.75) is 13.5 Å². The molecule has 0 bridgehead atoms. The highest BCUT2D eigenvalue weighted by atomic mass is 19.1. The summed E-state index contributed by atoms with van der Waals surface area (Å²) in [7, 11) is 1.25. The molecular weight excluding hydrogens is 273 g/mol. The molecule has 0 aliphatic rings. The molecule has 21 heavy (non-hydrogen) atoms. The molecule has 2 aromatic rings. The van der Waals surface area contributed by atoms with Crippen LogP contribution in [-0.4, -0.2) is 18.1 Å². The van der Waals surface area contributed by atoms with Gasteiger partial charge >= 0.3 is 5.97 Å². The third-order valence-corrected chi connectivity index (χ3v) is 3.16. The summed E-state index contributed by atoms with van der Waals surface area (Å²) in [6.07, 6.45) is 3.40. The molecule has 0 atom stereocenters. The third kappa shape index (κ3) is 3.28.